The molecule has 3 rings (SSSR count). The van der Waals surface area contributed by atoms with Gasteiger partial charge in [0.15, 0.2) is 5.75 Å². The second-order valence-corrected chi connectivity index (χ2v) is 4.82. The van der Waals surface area contributed by atoms with Crippen LogP contribution in [0.25, 0.3) is 0 Å². The molecule has 1 aromatic heterocycles. The Balaban J connectivity index is 1.77. The van der Waals surface area contributed by atoms with E-state index in [1.165, 1.54) is 18.5 Å². The molecular weight excluding hydrogens is 262 g/mol. The van der Waals surface area contributed by atoms with E-state index in [2.05, 4.69) is 20.9 Å². The highest BCUT2D eigenvalue weighted by Crippen LogP contribution is 2.27. The highest BCUT2D eigenvalue weighted by Gasteiger charge is 2.12. The Kier molecular flexibility index (Phi) is 3.51. The monoisotopic (exact) mass is 275 g/mol. The summed E-state index contributed by atoms with van der Waals surface area (Å²) in [6.07, 6.45) is 5.65. The molecule has 0 radical (unpaired) electrons. The van der Waals surface area contributed by atoms with Gasteiger partial charge in [-0.1, -0.05) is 6.07 Å². The largest absolute Gasteiger partial charge is 0.454 e. The summed E-state index contributed by atoms with van der Waals surface area (Å²) in [5, 5.41) is 0.221. The van der Waals surface area contributed by atoms with E-state index in [0.717, 1.165) is 18.8 Å². The summed E-state index contributed by atoms with van der Waals surface area (Å²) in [6.45, 7) is 2.24. The first-order valence-corrected chi connectivity index (χ1v) is 6.69. The molecule has 5 heteroatoms. The van der Waals surface area contributed by atoms with Crippen molar-refractivity contribution in [2.45, 2.75) is 12.8 Å². The van der Waals surface area contributed by atoms with Gasteiger partial charge in [0.1, 0.15) is 5.75 Å². The zero-order chi connectivity index (χ0) is 13.1. The van der Waals surface area contributed by atoms with E-state index < -0.39 is 0 Å². The number of halogens is 1. The lowest BCUT2D eigenvalue weighted by Gasteiger charge is -2.18. The summed E-state index contributed by atoms with van der Waals surface area (Å²) in [7, 11) is 0. The smallest absolute Gasteiger partial charge is 0.222 e. The maximum Gasteiger partial charge on any atom is 0.222 e. The van der Waals surface area contributed by atoms with Crippen LogP contribution in [-0.2, 0) is 0 Å². The van der Waals surface area contributed by atoms with Crippen LogP contribution in [0.15, 0.2) is 36.7 Å². The van der Waals surface area contributed by atoms with Crippen molar-refractivity contribution >= 4 is 17.3 Å². The summed E-state index contributed by atoms with van der Waals surface area (Å²) in [5.41, 5.74) is 1.20. The third-order valence-corrected chi connectivity index (χ3v) is 3.32. The number of benzene rings is 1. The molecule has 0 aliphatic carbocycles. The number of anilines is 1. The molecule has 0 bridgehead atoms. The lowest BCUT2D eigenvalue weighted by Crippen LogP contribution is -2.17. The summed E-state index contributed by atoms with van der Waals surface area (Å²) in [6, 6.07) is 8.07. The van der Waals surface area contributed by atoms with Gasteiger partial charge in [-0.3, -0.25) is 0 Å². The molecule has 4 nitrogen and oxygen atoms in total. The molecule has 0 spiro atoms. The Morgan fingerprint density at radius 1 is 1.05 bits per heavy atom. The fourth-order valence-corrected chi connectivity index (χ4v) is 2.31. The Morgan fingerprint density at radius 2 is 1.79 bits per heavy atom. The first-order valence-electron chi connectivity index (χ1n) is 6.32. The van der Waals surface area contributed by atoms with Gasteiger partial charge in [-0.2, -0.15) is 0 Å². The van der Waals surface area contributed by atoms with Crippen LogP contribution in [0.2, 0.25) is 5.28 Å². The molecule has 0 saturated carbocycles. The molecule has 2 heterocycles. The predicted molar refractivity (Wildman–Crippen MR) is 75.0 cm³/mol. The number of ether oxygens (including phenoxy) is 1. The minimum Gasteiger partial charge on any atom is -0.454 e. The van der Waals surface area contributed by atoms with Crippen molar-refractivity contribution in [3.63, 3.8) is 0 Å². The molecule has 0 atom stereocenters. The lowest BCUT2D eigenvalue weighted by atomic mass is 10.3. The van der Waals surface area contributed by atoms with E-state index >= 15 is 0 Å². The van der Waals surface area contributed by atoms with Gasteiger partial charge in [0.25, 0.3) is 0 Å². The van der Waals surface area contributed by atoms with Crippen LogP contribution in [0.5, 0.6) is 11.5 Å². The number of nitrogens with zero attached hydrogens (tertiary/aromatic N) is 3. The Morgan fingerprint density at radius 3 is 2.53 bits per heavy atom. The molecule has 1 aromatic carbocycles. The van der Waals surface area contributed by atoms with Gasteiger partial charge >= 0.3 is 0 Å². The molecular formula is C14H14ClN3O. The molecule has 19 heavy (non-hydrogen) atoms. The van der Waals surface area contributed by atoms with Gasteiger partial charge in [0.2, 0.25) is 5.28 Å². The van der Waals surface area contributed by atoms with Crippen LogP contribution in [-0.4, -0.2) is 23.1 Å². The number of aromatic nitrogens is 2. The molecule has 1 aliphatic rings. The van der Waals surface area contributed by atoms with Crippen molar-refractivity contribution in [3.05, 3.63) is 41.9 Å². The first kappa shape index (κ1) is 12.2. The van der Waals surface area contributed by atoms with Crippen molar-refractivity contribution in [2.75, 3.05) is 18.0 Å². The fraction of sp³-hybridized carbons (Fsp3) is 0.286. The molecule has 1 aliphatic heterocycles. The van der Waals surface area contributed by atoms with E-state index in [9.17, 15) is 0 Å². The Bertz CT molecular complexity index is 553. The van der Waals surface area contributed by atoms with E-state index in [-0.39, 0.29) is 5.28 Å². The third-order valence-electron chi connectivity index (χ3n) is 3.12. The van der Waals surface area contributed by atoms with E-state index in [1.807, 2.05) is 18.2 Å². The highest BCUT2D eigenvalue weighted by molar-refractivity contribution is 6.28. The van der Waals surface area contributed by atoms with Crippen molar-refractivity contribution in [3.8, 4) is 11.5 Å². The number of hydrogen-bond donors (Lipinski definition) is 0. The van der Waals surface area contributed by atoms with Crippen molar-refractivity contribution in [1.82, 2.24) is 9.97 Å². The van der Waals surface area contributed by atoms with E-state index in [4.69, 9.17) is 16.3 Å². The summed E-state index contributed by atoms with van der Waals surface area (Å²) in [5.74, 6) is 1.37. The zero-order valence-electron chi connectivity index (χ0n) is 10.4. The number of hydrogen-bond acceptors (Lipinski definition) is 4. The first-order chi connectivity index (χ1) is 9.31. The molecule has 98 valence electrons. The molecule has 0 unspecified atom stereocenters. The van der Waals surface area contributed by atoms with Crippen LogP contribution in [0.3, 0.4) is 0 Å². The van der Waals surface area contributed by atoms with Crippen molar-refractivity contribution in [1.29, 1.82) is 0 Å². The van der Waals surface area contributed by atoms with Crippen LogP contribution in [0.1, 0.15) is 12.8 Å². The average molecular weight is 276 g/mol. The van der Waals surface area contributed by atoms with Crippen LogP contribution in [0, 0.1) is 0 Å². The van der Waals surface area contributed by atoms with Crippen molar-refractivity contribution in [2.24, 2.45) is 0 Å². The van der Waals surface area contributed by atoms with Gasteiger partial charge in [0.05, 0.1) is 12.4 Å². The molecule has 2 aromatic rings. The highest BCUT2D eigenvalue weighted by atomic mass is 35.5. The van der Waals surface area contributed by atoms with Crippen LogP contribution < -0.4 is 9.64 Å². The van der Waals surface area contributed by atoms with Gasteiger partial charge < -0.3 is 9.64 Å². The van der Waals surface area contributed by atoms with Gasteiger partial charge in [-0.25, -0.2) is 9.97 Å². The maximum absolute atomic E-state index is 5.72. The predicted octanol–water partition coefficient (Wildman–Crippen LogP) is 3.52. The Labute approximate surface area is 117 Å². The quantitative estimate of drug-likeness (QED) is 0.804. The minimum absolute atomic E-state index is 0.221. The normalized spacial score (nSPS) is 14.7. The minimum atomic E-state index is 0.221. The zero-order valence-corrected chi connectivity index (χ0v) is 11.2. The van der Waals surface area contributed by atoms with Gasteiger partial charge in [-0.05, 0) is 36.6 Å². The fourth-order valence-electron chi connectivity index (χ4n) is 2.21. The summed E-state index contributed by atoms with van der Waals surface area (Å²) >= 11 is 5.64. The molecule has 0 N–H and O–H groups in total. The van der Waals surface area contributed by atoms with Gasteiger partial charge in [-0.15, -0.1) is 0 Å². The van der Waals surface area contributed by atoms with Crippen molar-refractivity contribution < 1.29 is 4.74 Å². The molecule has 1 saturated heterocycles. The SMILES string of the molecule is Clc1ncc(Oc2cccc(N3CCCC3)c2)cn1. The lowest BCUT2D eigenvalue weighted by molar-refractivity contribution is 0.477. The third kappa shape index (κ3) is 2.96. The average Bonchev–Trinajstić information content (AvgIpc) is 2.96. The number of rotatable bonds is 3. The molecule has 0 amide bonds. The second kappa shape index (κ2) is 5.45. The van der Waals surface area contributed by atoms with E-state index in [1.54, 1.807) is 12.4 Å². The second-order valence-electron chi connectivity index (χ2n) is 4.48. The summed E-state index contributed by atoms with van der Waals surface area (Å²) in [4.78, 5) is 10.2. The topological polar surface area (TPSA) is 38.2 Å². The molecule has 1 fully saturated rings. The standard InChI is InChI=1S/C14H14ClN3O/c15-14-16-9-13(10-17-14)19-12-5-3-4-11(8-12)18-6-1-2-7-18/h3-5,8-10H,1-2,6-7H2. The van der Waals surface area contributed by atoms with Crippen LogP contribution >= 0.6 is 11.6 Å². The van der Waals surface area contributed by atoms with E-state index in [0.29, 0.717) is 5.75 Å². The summed E-state index contributed by atoms with van der Waals surface area (Å²) < 4.78 is 5.72. The maximum atomic E-state index is 5.72. The Hall–Kier alpha value is -1.81. The van der Waals surface area contributed by atoms with Gasteiger partial charge in [0, 0.05) is 24.8 Å². The van der Waals surface area contributed by atoms with Crippen LogP contribution in [0.4, 0.5) is 5.69 Å².